The molecule has 1 aliphatic heterocycles. The van der Waals surface area contributed by atoms with Gasteiger partial charge < -0.3 is 14.7 Å². The second kappa shape index (κ2) is 5.51. The summed E-state index contributed by atoms with van der Waals surface area (Å²) in [5.74, 6) is 0.907. The van der Waals surface area contributed by atoms with Crippen molar-refractivity contribution in [3.8, 4) is 5.75 Å². The highest BCUT2D eigenvalue weighted by atomic mass is 16.5. The van der Waals surface area contributed by atoms with E-state index in [9.17, 15) is 5.11 Å². The molecule has 0 unspecified atom stereocenters. The molecule has 1 aromatic carbocycles. The van der Waals surface area contributed by atoms with Crippen molar-refractivity contribution in [3.63, 3.8) is 0 Å². The van der Waals surface area contributed by atoms with Gasteiger partial charge in [-0.05, 0) is 37.6 Å². The summed E-state index contributed by atoms with van der Waals surface area (Å²) in [7, 11) is 0. The van der Waals surface area contributed by atoms with Crippen molar-refractivity contribution >= 4 is 11.4 Å². The Bertz CT molecular complexity index is 581. The maximum Gasteiger partial charge on any atom is 0.142 e. The number of benzene rings is 1. The third-order valence-electron chi connectivity index (χ3n) is 3.45. The molecule has 0 radical (unpaired) electrons. The summed E-state index contributed by atoms with van der Waals surface area (Å²) in [6.45, 7) is 3.34. The van der Waals surface area contributed by atoms with Gasteiger partial charge in [0.1, 0.15) is 5.75 Å². The second-order valence-electron chi connectivity index (χ2n) is 4.94. The van der Waals surface area contributed by atoms with E-state index in [0.29, 0.717) is 5.69 Å². The highest BCUT2D eigenvalue weighted by molar-refractivity contribution is 5.69. The van der Waals surface area contributed by atoms with Gasteiger partial charge in [0, 0.05) is 6.54 Å². The molecule has 0 spiro atoms. The van der Waals surface area contributed by atoms with Crippen LogP contribution in [0.4, 0.5) is 11.4 Å². The summed E-state index contributed by atoms with van der Waals surface area (Å²) in [5.41, 5.74) is 2.78. The number of aromatic nitrogens is 1. The minimum atomic E-state index is -0.538. The fraction of sp³-hybridized carbons (Fsp3) is 0.312. The number of ether oxygens (including phenoxy) is 1. The minimum Gasteiger partial charge on any atom is -0.491 e. The van der Waals surface area contributed by atoms with Gasteiger partial charge in [0.25, 0.3) is 0 Å². The zero-order chi connectivity index (χ0) is 13.9. The number of anilines is 2. The van der Waals surface area contributed by atoms with E-state index in [0.717, 1.165) is 36.7 Å². The Morgan fingerprint density at radius 2 is 2.10 bits per heavy atom. The molecule has 1 atom stereocenters. The Labute approximate surface area is 118 Å². The molecule has 1 aliphatic rings. The number of rotatable bonds is 2. The summed E-state index contributed by atoms with van der Waals surface area (Å²) >= 11 is 0. The SMILES string of the molecule is C[C@H](O)c1ccc(N2CCCOc3ccccc32)cn1. The molecule has 4 nitrogen and oxygen atoms in total. The van der Waals surface area contributed by atoms with Crippen LogP contribution in [0.25, 0.3) is 0 Å². The van der Waals surface area contributed by atoms with E-state index >= 15 is 0 Å². The third-order valence-corrected chi connectivity index (χ3v) is 3.45. The average molecular weight is 270 g/mol. The molecular weight excluding hydrogens is 252 g/mol. The van der Waals surface area contributed by atoms with E-state index < -0.39 is 6.10 Å². The third kappa shape index (κ3) is 2.47. The number of hydrogen-bond acceptors (Lipinski definition) is 4. The van der Waals surface area contributed by atoms with Crippen LogP contribution >= 0.6 is 0 Å². The first-order chi connectivity index (χ1) is 9.75. The average Bonchev–Trinajstić information content (AvgIpc) is 2.69. The van der Waals surface area contributed by atoms with Crippen molar-refractivity contribution in [2.75, 3.05) is 18.1 Å². The number of aliphatic hydroxyl groups is 1. The van der Waals surface area contributed by atoms with Crippen molar-refractivity contribution < 1.29 is 9.84 Å². The van der Waals surface area contributed by atoms with E-state index in [1.165, 1.54) is 0 Å². The lowest BCUT2D eigenvalue weighted by Gasteiger charge is -2.23. The van der Waals surface area contributed by atoms with Gasteiger partial charge in [-0.15, -0.1) is 0 Å². The smallest absolute Gasteiger partial charge is 0.142 e. The molecule has 0 aliphatic carbocycles. The molecule has 1 aromatic heterocycles. The van der Waals surface area contributed by atoms with Gasteiger partial charge in [-0.25, -0.2) is 0 Å². The fourth-order valence-corrected chi connectivity index (χ4v) is 2.40. The molecule has 104 valence electrons. The number of fused-ring (bicyclic) bond motifs is 1. The highest BCUT2D eigenvalue weighted by Gasteiger charge is 2.17. The lowest BCUT2D eigenvalue weighted by atomic mass is 10.2. The largest absolute Gasteiger partial charge is 0.491 e. The first kappa shape index (κ1) is 12.9. The van der Waals surface area contributed by atoms with E-state index in [4.69, 9.17) is 4.74 Å². The molecule has 0 bridgehead atoms. The van der Waals surface area contributed by atoms with Crippen LogP contribution in [0.5, 0.6) is 5.75 Å². The van der Waals surface area contributed by atoms with E-state index in [1.54, 1.807) is 6.92 Å². The first-order valence-electron chi connectivity index (χ1n) is 6.89. The zero-order valence-electron chi connectivity index (χ0n) is 11.5. The summed E-state index contributed by atoms with van der Waals surface area (Å²) in [4.78, 5) is 6.53. The molecule has 4 heteroatoms. The van der Waals surface area contributed by atoms with Gasteiger partial charge in [-0.1, -0.05) is 12.1 Å². The molecule has 0 saturated carbocycles. The lowest BCUT2D eigenvalue weighted by molar-refractivity contribution is 0.194. The quantitative estimate of drug-likeness (QED) is 0.911. The number of para-hydroxylation sites is 2. The Balaban J connectivity index is 1.97. The van der Waals surface area contributed by atoms with Crippen LogP contribution in [-0.4, -0.2) is 23.2 Å². The standard InChI is InChI=1S/C16H18N2O2/c1-12(19)14-8-7-13(11-17-14)18-9-4-10-20-16-6-3-2-5-15(16)18/h2-3,5-8,11-12,19H,4,9-10H2,1H3/t12-/m0/s1. The van der Waals surface area contributed by atoms with Crippen LogP contribution in [0.2, 0.25) is 0 Å². The Hall–Kier alpha value is -2.07. The van der Waals surface area contributed by atoms with Crippen LogP contribution in [0, 0.1) is 0 Å². The summed E-state index contributed by atoms with van der Waals surface area (Å²) < 4.78 is 5.76. The maximum absolute atomic E-state index is 9.53. The summed E-state index contributed by atoms with van der Waals surface area (Å²) in [6.07, 6.45) is 2.24. The van der Waals surface area contributed by atoms with Crippen LogP contribution in [0.3, 0.4) is 0 Å². The van der Waals surface area contributed by atoms with Crippen molar-refractivity contribution in [2.24, 2.45) is 0 Å². The molecule has 20 heavy (non-hydrogen) atoms. The first-order valence-corrected chi connectivity index (χ1v) is 6.89. The number of hydrogen-bond donors (Lipinski definition) is 1. The number of pyridine rings is 1. The Morgan fingerprint density at radius 1 is 1.25 bits per heavy atom. The molecule has 1 N–H and O–H groups in total. The molecule has 2 aromatic rings. The normalized spacial score (nSPS) is 16.0. The fourth-order valence-electron chi connectivity index (χ4n) is 2.40. The maximum atomic E-state index is 9.53. The van der Waals surface area contributed by atoms with Crippen molar-refractivity contribution in [1.82, 2.24) is 4.98 Å². The Morgan fingerprint density at radius 3 is 2.85 bits per heavy atom. The summed E-state index contributed by atoms with van der Waals surface area (Å²) in [5, 5.41) is 9.53. The topological polar surface area (TPSA) is 45.6 Å². The van der Waals surface area contributed by atoms with Crippen LogP contribution in [0.15, 0.2) is 42.6 Å². The van der Waals surface area contributed by atoms with Crippen LogP contribution in [0.1, 0.15) is 25.1 Å². The van der Waals surface area contributed by atoms with Crippen molar-refractivity contribution in [2.45, 2.75) is 19.4 Å². The van der Waals surface area contributed by atoms with Gasteiger partial charge in [0.2, 0.25) is 0 Å². The molecular formula is C16H18N2O2. The molecule has 0 fully saturated rings. The summed E-state index contributed by atoms with van der Waals surface area (Å²) in [6, 6.07) is 11.9. The van der Waals surface area contributed by atoms with Gasteiger partial charge >= 0.3 is 0 Å². The molecule has 3 rings (SSSR count). The molecule has 2 heterocycles. The van der Waals surface area contributed by atoms with Gasteiger partial charge in [-0.2, -0.15) is 0 Å². The van der Waals surface area contributed by atoms with Gasteiger partial charge in [0.05, 0.1) is 36.0 Å². The van der Waals surface area contributed by atoms with Crippen molar-refractivity contribution in [3.05, 3.63) is 48.3 Å². The van der Waals surface area contributed by atoms with E-state index in [2.05, 4.69) is 16.0 Å². The predicted molar refractivity (Wildman–Crippen MR) is 78.4 cm³/mol. The molecule has 0 amide bonds. The van der Waals surface area contributed by atoms with Crippen LogP contribution in [-0.2, 0) is 0 Å². The van der Waals surface area contributed by atoms with E-state index in [-0.39, 0.29) is 0 Å². The predicted octanol–water partition coefficient (Wildman–Crippen LogP) is 3.06. The monoisotopic (exact) mass is 270 g/mol. The highest BCUT2D eigenvalue weighted by Crippen LogP contribution is 2.35. The number of nitrogens with zero attached hydrogens (tertiary/aromatic N) is 2. The molecule has 0 saturated heterocycles. The number of aliphatic hydroxyl groups excluding tert-OH is 1. The van der Waals surface area contributed by atoms with Crippen LogP contribution < -0.4 is 9.64 Å². The minimum absolute atomic E-state index is 0.538. The van der Waals surface area contributed by atoms with E-state index in [1.807, 2.05) is 36.5 Å². The Kier molecular flexibility index (Phi) is 3.56. The van der Waals surface area contributed by atoms with Crippen molar-refractivity contribution in [1.29, 1.82) is 0 Å². The van der Waals surface area contributed by atoms with Gasteiger partial charge in [-0.3, -0.25) is 4.98 Å². The lowest BCUT2D eigenvalue weighted by Crippen LogP contribution is -2.18. The second-order valence-corrected chi connectivity index (χ2v) is 4.94. The van der Waals surface area contributed by atoms with Gasteiger partial charge in [0.15, 0.2) is 0 Å². The zero-order valence-corrected chi connectivity index (χ0v) is 11.5.